The van der Waals surface area contributed by atoms with E-state index < -0.39 is 10.0 Å². The summed E-state index contributed by atoms with van der Waals surface area (Å²) in [5.74, 6) is -0.209. The van der Waals surface area contributed by atoms with Crippen molar-refractivity contribution in [1.29, 1.82) is 0 Å². The molecule has 0 aliphatic heterocycles. The highest BCUT2D eigenvalue weighted by Gasteiger charge is 2.11. The van der Waals surface area contributed by atoms with Gasteiger partial charge in [-0.05, 0) is 23.6 Å². The largest absolute Gasteiger partial charge is 0.215 e. The Morgan fingerprint density at radius 2 is 1.81 bits per heavy atom. The fraction of sp³-hybridized carbons (Fsp3) is 0.455. The zero-order valence-electron chi connectivity index (χ0n) is 9.40. The molecule has 0 aliphatic carbocycles. The molecule has 1 aromatic carbocycles. The summed E-state index contributed by atoms with van der Waals surface area (Å²) in [4.78, 5) is 0. The van der Waals surface area contributed by atoms with Crippen LogP contribution in [0, 0.1) is 11.7 Å². The number of benzene rings is 1. The van der Waals surface area contributed by atoms with E-state index >= 15 is 0 Å². The molecule has 0 saturated carbocycles. The van der Waals surface area contributed by atoms with Crippen molar-refractivity contribution >= 4 is 10.0 Å². The van der Waals surface area contributed by atoms with Gasteiger partial charge in [-0.3, -0.25) is 0 Å². The minimum atomic E-state index is -3.31. The van der Waals surface area contributed by atoms with Crippen molar-refractivity contribution in [2.75, 3.05) is 6.54 Å². The van der Waals surface area contributed by atoms with Crippen LogP contribution in [-0.2, 0) is 15.8 Å². The number of sulfonamides is 1. The molecule has 0 radical (unpaired) electrons. The molecule has 0 aliphatic rings. The highest BCUT2D eigenvalue weighted by atomic mass is 32.2. The molecule has 0 bridgehead atoms. The first-order valence-electron chi connectivity index (χ1n) is 5.11. The van der Waals surface area contributed by atoms with Crippen LogP contribution < -0.4 is 4.72 Å². The van der Waals surface area contributed by atoms with Crippen LogP contribution in [-0.4, -0.2) is 15.0 Å². The Morgan fingerprint density at radius 1 is 1.25 bits per heavy atom. The van der Waals surface area contributed by atoms with E-state index in [4.69, 9.17) is 0 Å². The van der Waals surface area contributed by atoms with E-state index in [1.165, 1.54) is 24.3 Å². The van der Waals surface area contributed by atoms with Crippen molar-refractivity contribution in [2.45, 2.75) is 19.6 Å². The van der Waals surface area contributed by atoms with Crippen LogP contribution in [0.2, 0.25) is 0 Å². The molecule has 0 heterocycles. The van der Waals surface area contributed by atoms with Gasteiger partial charge in [0.2, 0.25) is 10.0 Å². The zero-order chi connectivity index (χ0) is 12.2. The van der Waals surface area contributed by atoms with E-state index in [0.29, 0.717) is 12.1 Å². The molecule has 0 amide bonds. The standard InChI is InChI=1S/C11H16FNO2S/c1-9(2)7-13-16(14,15)8-10-3-5-11(12)6-4-10/h3-6,9,13H,7-8H2,1-2H3. The summed E-state index contributed by atoms with van der Waals surface area (Å²) >= 11 is 0. The van der Waals surface area contributed by atoms with Gasteiger partial charge in [-0.1, -0.05) is 26.0 Å². The lowest BCUT2D eigenvalue weighted by atomic mass is 10.2. The van der Waals surface area contributed by atoms with E-state index in [1.54, 1.807) is 0 Å². The number of halogens is 1. The molecule has 0 spiro atoms. The first kappa shape index (κ1) is 13.1. The van der Waals surface area contributed by atoms with Gasteiger partial charge in [0.1, 0.15) is 5.82 Å². The second kappa shape index (κ2) is 5.41. The van der Waals surface area contributed by atoms with Crippen LogP contribution in [0.5, 0.6) is 0 Å². The Hall–Kier alpha value is -0.940. The maximum Gasteiger partial charge on any atom is 0.215 e. The Bertz CT molecular complexity index is 426. The van der Waals surface area contributed by atoms with Gasteiger partial charge in [-0.15, -0.1) is 0 Å². The van der Waals surface area contributed by atoms with Gasteiger partial charge in [0.25, 0.3) is 0 Å². The molecule has 0 atom stereocenters. The Morgan fingerprint density at radius 3 is 2.31 bits per heavy atom. The van der Waals surface area contributed by atoms with Crippen LogP contribution in [0.25, 0.3) is 0 Å². The molecular weight excluding hydrogens is 229 g/mol. The third-order valence-corrected chi connectivity index (χ3v) is 3.30. The van der Waals surface area contributed by atoms with E-state index in [-0.39, 0.29) is 17.5 Å². The smallest absolute Gasteiger partial charge is 0.215 e. The number of nitrogens with one attached hydrogen (secondary N) is 1. The van der Waals surface area contributed by atoms with Crippen molar-refractivity contribution < 1.29 is 12.8 Å². The van der Waals surface area contributed by atoms with Crippen LogP contribution in [0.1, 0.15) is 19.4 Å². The summed E-state index contributed by atoms with van der Waals surface area (Å²) < 4.78 is 38.3. The first-order valence-corrected chi connectivity index (χ1v) is 6.76. The molecule has 1 aromatic rings. The van der Waals surface area contributed by atoms with Gasteiger partial charge in [0.05, 0.1) is 5.75 Å². The van der Waals surface area contributed by atoms with Crippen molar-refractivity contribution in [1.82, 2.24) is 4.72 Å². The van der Waals surface area contributed by atoms with Crippen LogP contribution in [0.4, 0.5) is 4.39 Å². The van der Waals surface area contributed by atoms with Gasteiger partial charge in [-0.2, -0.15) is 0 Å². The average molecular weight is 245 g/mol. The van der Waals surface area contributed by atoms with Gasteiger partial charge in [0.15, 0.2) is 0 Å². The number of rotatable bonds is 5. The lowest BCUT2D eigenvalue weighted by molar-refractivity contribution is 0.559. The van der Waals surface area contributed by atoms with E-state index in [2.05, 4.69) is 4.72 Å². The third-order valence-electron chi connectivity index (χ3n) is 1.98. The highest BCUT2D eigenvalue weighted by molar-refractivity contribution is 7.88. The van der Waals surface area contributed by atoms with Crippen LogP contribution >= 0.6 is 0 Å². The van der Waals surface area contributed by atoms with Crippen LogP contribution in [0.15, 0.2) is 24.3 Å². The molecule has 3 nitrogen and oxygen atoms in total. The van der Waals surface area contributed by atoms with Crippen molar-refractivity contribution in [3.8, 4) is 0 Å². The quantitative estimate of drug-likeness (QED) is 0.861. The molecule has 0 aromatic heterocycles. The number of hydrogen-bond donors (Lipinski definition) is 1. The average Bonchev–Trinajstić information content (AvgIpc) is 2.19. The van der Waals surface area contributed by atoms with Crippen molar-refractivity contribution in [2.24, 2.45) is 5.92 Å². The molecule has 0 unspecified atom stereocenters. The summed E-state index contributed by atoms with van der Waals surface area (Å²) in [6.45, 7) is 4.28. The summed E-state index contributed by atoms with van der Waals surface area (Å²) in [7, 11) is -3.31. The summed E-state index contributed by atoms with van der Waals surface area (Å²) in [6.07, 6.45) is 0. The fourth-order valence-corrected chi connectivity index (χ4v) is 2.47. The molecule has 0 fully saturated rings. The molecule has 0 saturated heterocycles. The molecule has 1 rings (SSSR count). The van der Waals surface area contributed by atoms with E-state index in [9.17, 15) is 12.8 Å². The molecule has 1 N–H and O–H groups in total. The molecule has 5 heteroatoms. The van der Waals surface area contributed by atoms with Gasteiger partial charge >= 0.3 is 0 Å². The topological polar surface area (TPSA) is 46.2 Å². The Labute approximate surface area is 95.7 Å². The summed E-state index contributed by atoms with van der Waals surface area (Å²) in [6, 6.07) is 5.47. The van der Waals surface area contributed by atoms with Gasteiger partial charge < -0.3 is 0 Å². The monoisotopic (exact) mass is 245 g/mol. The van der Waals surface area contributed by atoms with Gasteiger partial charge in [-0.25, -0.2) is 17.5 Å². The maximum absolute atomic E-state index is 12.6. The second-order valence-corrected chi connectivity index (χ2v) is 5.93. The lowest BCUT2D eigenvalue weighted by Gasteiger charge is -2.08. The molecule has 90 valence electrons. The predicted octanol–water partition coefficient (Wildman–Crippen LogP) is 1.90. The number of hydrogen-bond acceptors (Lipinski definition) is 2. The fourth-order valence-electron chi connectivity index (χ4n) is 1.14. The van der Waals surface area contributed by atoms with Crippen molar-refractivity contribution in [3.05, 3.63) is 35.6 Å². The zero-order valence-corrected chi connectivity index (χ0v) is 10.2. The highest BCUT2D eigenvalue weighted by Crippen LogP contribution is 2.06. The Kier molecular flexibility index (Phi) is 4.44. The summed E-state index contributed by atoms with van der Waals surface area (Å²) in [5.41, 5.74) is 0.581. The minimum Gasteiger partial charge on any atom is -0.215 e. The lowest BCUT2D eigenvalue weighted by Crippen LogP contribution is -2.28. The second-order valence-electron chi connectivity index (χ2n) is 4.13. The third kappa shape index (κ3) is 4.72. The first-order chi connectivity index (χ1) is 7.39. The SMILES string of the molecule is CC(C)CNS(=O)(=O)Cc1ccc(F)cc1. The van der Waals surface area contributed by atoms with E-state index in [0.717, 1.165) is 0 Å². The minimum absolute atomic E-state index is 0.111. The molecule has 16 heavy (non-hydrogen) atoms. The predicted molar refractivity (Wildman–Crippen MR) is 61.9 cm³/mol. The van der Waals surface area contributed by atoms with Gasteiger partial charge in [0, 0.05) is 6.54 Å². The van der Waals surface area contributed by atoms with E-state index in [1.807, 2.05) is 13.8 Å². The Balaban J connectivity index is 2.62. The maximum atomic E-state index is 12.6. The van der Waals surface area contributed by atoms with Crippen molar-refractivity contribution in [3.63, 3.8) is 0 Å². The molecular formula is C11H16FNO2S. The van der Waals surface area contributed by atoms with Crippen LogP contribution in [0.3, 0.4) is 0 Å². The summed E-state index contributed by atoms with van der Waals surface area (Å²) in [5, 5.41) is 0. The normalized spacial score (nSPS) is 12.0.